The quantitative estimate of drug-likeness (QED) is 0.200. The van der Waals surface area contributed by atoms with Crippen molar-refractivity contribution in [3.63, 3.8) is 0 Å². The maximum absolute atomic E-state index is 6.29. The lowest BCUT2D eigenvalue weighted by Crippen LogP contribution is -2.09. The Morgan fingerprint density at radius 1 is 0.455 bits per heavy atom. The molecule has 2 aromatic heterocycles. The molecular formula is C41H26N2O. The second-order valence-electron chi connectivity index (χ2n) is 11.2. The molecule has 0 saturated heterocycles. The summed E-state index contributed by atoms with van der Waals surface area (Å²) in [5.41, 5.74) is 8.38. The fraction of sp³-hybridized carbons (Fsp3) is 0. The molecule has 0 bridgehead atoms. The van der Waals surface area contributed by atoms with Crippen LogP contribution in [0.4, 0.5) is 17.1 Å². The third-order valence-corrected chi connectivity index (χ3v) is 8.68. The normalized spacial score (nSPS) is 11.6. The monoisotopic (exact) mass is 562 g/mol. The maximum atomic E-state index is 6.29. The topological polar surface area (TPSA) is 29.3 Å². The van der Waals surface area contributed by atoms with Gasteiger partial charge in [-0.05, 0) is 99.4 Å². The van der Waals surface area contributed by atoms with E-state index in [1.807, 2.05) is 24.4 Å². The lowest BCUT2D eigenvalue weighted by molar-refractivity contribution is 0.669. The highest BCUT2D eigenvalue weighted by molar-refractivity contribution is 6.19. The van der Waals surface area contributed by atoms with Crippen molar-refractivity contribution >= 4 is 71.4 Å². The minimum Gasteiger partial charge on any atom is -0.456 e. The van der Waals surface area contributed by atoms with Crippen LogP contribution in [0, 0.1) is 0 Å². The molecular weight excluding hydrogens is 536 g/mol. The van der Waals surface area contributed by atoms with Crippen LogP contribution in [0.3, 0.4) is 0 Å². The number of rotatable bonds is 4. The van der Waals surface area contributed by atoms with Crippen LogP contribution in [-0.4, -0.2) is 4.98 Å². The van der Waals surface area contributed by atoms with Crippen LogP contribution in [0.2, 0.25) is 0 Å². The Morgan fingerprint density at radius 3 is 2.00 bits per heavy atom. The fourth-order valence-electron chi connectivity index (χ4n) is 6.66. The summed E-state index contributed by atoms with van der Waals surface area (Å²) in [6.07, 6.45) is 1.84. The van der Waals surface area contributed by atoms with Crippen molar-refractivity contribution in [1.29, 1.82) is 0 Å². The highest BCUT2D eigenvalue weighted by Gasteiger charge is 2.17. The molecule has 0 radical (unpaired) electrons. The fourth-order valence-corrected chi connectivity index (χ4v) is 6.66. The molecule has 0 amide bonds. The van der Waals surface area contributed by atoms with Crippen molar-refractivity contribution in [2.75, 3.05) is 4.90 Å². The lowest BCUT2D eigenvalue weighted by atomic mass is 9.93. The summed E-state index contributed by atoms with van der Waals surface area (Å²) in [6.45, 7) is 0. The zero-order valence-electron chi connectivity index (χ0n) is 23.8. The summed E-state index contributed by atoms with van der Waals surface area (Å²) < 4.78 is 6.29. The number of furan rings is 1. The molecule has 0 aliphatic heterocycles. The Labute approximate surface area is 254 Å². The van der Waals surface area contributed by atoms with Crippen LogP contribution < -0.4 is 4.90 Å². The number of anilines is 3. The number of nitrogens with zero attached hydrogens (tertiary/aromatic N) is 2. The Kier molecular flexibility index (Phi) is 5.50. The molecule has 2 heterocycles. The molecule has 0 unspecified atom stereocenters. The molecule has 0 spiro atoms. The van der Waals surface area contributed by atoms with Gasteiger partial charge < -0.3 is 9.32 Å². The maximum Gasteiger partial charge on any atom is 0.136 e. The molecule has 0 aliphatic rings. The summed E-state index contributed by atoms with van der Waals surface area (Å²) in [5.74, 6) is 0. The van der Waals surface area contributed by atoms with Gasteiger partial charge in [-0.3, -0.25) is 4.98 Å². The van der Waals surface area contributed by atoms with Gasteiger partial charge in [0, 0.05) is 39.4 Å². The SMILES string of the molecule is c1ccc(N(c2ccc(-c3cc4ccccc4c4ccccc34)cc2)c2ccc3oc4ccc5ncccc5c4c3c2)cc1. The Hall–Kier alpha value is -5.93. The molecule has 0 atom stereocenters. The smallest absolute Gasteiger partial charge is 0.136 e. The molecule has 0 aliphatic carbocycles. The summed E-state index contributed by atoms with van der Waals surface area (Å²) in [6, 6.07) is 53.8. The van der Waals surface area contributed by atoms with Crippen molar-refractivity contribution in [2.45, 2.75) is 0 Å². The first-order chi connectivity index (χ1) is 21.8. The van der Waals surface area contributed by atoms with Crippen molar-refractivity contribution in [3.8, 4) is 11.1 Å². The van der Waals surface area contributed by atoms with Crippen molar-refractivity contribution in [2.24, 2.45) is 0 Å². The standard InChI is InChI=1S/C41H26N2O/c1-2-10-29(11-3-1)43(31-20-22-39-37(26-31)41-35-15-8-24-42-38(35)21-23-40(41)44-39)30-18-16-27(17-19-30)36-25-28-9-4-5-12-32(28)33-13-6-7-14-34(33)36/h1-26H. The van der Waals surface area contributed by atoms with Crippen LogP contribution in [-0.2, 0) is 0 Å². The van der Waals surface area contributed by atoms with Gasteiger partial charge in [0.25, 0.3) is 0 Å². The summed E-state index contributed by atoms with van der Waals surface area (Å²) >= 11 is 0. The molecule has 3 heteroatoms. The summed E-state index contributed by atoms with van der Waals surface area (Å²) in [7, 11) is 0. The molecule has 9 rings (SSSR count). The average molecular weight is 563 g/mol. The highest BCUT2D eigenvalue weighted by Crippen LogP contribution is 2.41. The second kappa shape index (κ2) is 9.82. The van der Waals surface area contributed by atoms with E-state index < -0.39 is 0 Å². The van der Waals surface area contributed by atoms with E-state index in [4.69, 9.17) is 4.42 Å². The first-order valence-corrected chi connectivity index (χ1v) is 14.9. The van der Waals surface area contributed by atoms with Gasteiger partial charge in [-0.1, -0.05) is 84.9 Å². The Balaban J connectivity index is 1.21. The largest absolute Gasteiger partial charge is 0.456 e. The van der Waals surface area contributed by atoms with Gasteiger partial charge >= 0.3 is 0 Å². The minimum atomic E-state index is 0.867. The zero-order chi connectivity index (χ0) is 29.0. The third kappa shape index (κ3) is 3.87. The van der Waals surface area contributed by atoms with E-state index in [0.29, 0.717) is 0 Å². The number of aromatic nitrogens is 1. The van der Waals surface area contributed by atoms with Crippen LogP contribution in [0.15, 0.2) is 162 Å². The Bertz CT molecular complexity index is 2490. The number of fused-ring (bicyclic) bond motifs is 8. The van der Waals surface area contributed by atoms with Crippen molar-refractivity contribution < 1.29 is 4.42 Å². The van der Waals surface area contributed by atoms with Crippen molar-refractivity contribution in [1.82, 2.24) is 4.98 Å². The van der Waals surface area contributed by atoms with Crippen LogP contribution in [0.25, 0.3) is 65.5 Å². The Morgan fingerprint density at radius 2 is 1.14 bits per heavy atom. The first-order valence-electron chi connectivity index (χ1n) is 14.9. The number of hydrogen-bond donors (Lipinski definition) is 0. The first kappa shape index (κ1) is 24.6. The zero-order valence-corrected chi connectivity index (χ0v) is 23.8. The molecule has 9 aromatic rings. The van der Waals surface area contributed by atoms with E-state index in [-0.39, 0.29) is 0 Å². The van der Waals surface area contributed by atoms with Gasteiger partial charge in [-0.15, -0.1) is 0 Å². The highest BCUT2D eigenvalue weighted by atomic mass is 16.3. The van der Waals surface area contributed by atoms with Gasteiger partial charge in [0.05, 0.1) is 5.52 Å². The van der Waals surface area contributed by atoms with Crippen molar-refractivity contribution in [3.05, 3.63) is 158 Å². The van der Waals surface area contributed by atoms with Gasteiger partial charge in [-0.2, -0.15) is 0 Å². The minimum absolute atomic E-state index is 0.867. The third-order valence-electron chi connectivity index (χ3n) is 8.68. The average Bonchev–Trinajstić information content (AvgIpc) is 3.48. The van der Waals surface area contributed by atoms with Crippen LogP contribution >= 0.6 is 0 Å². The number of hydrogen-bond acceptors (Lipinski definition) is 3. The number of pyridine rings is 1. The van der Waals surface area contributed by atoms with E-state index in [1.165, 1.54) is 32.7 Å². The lowest BCUT2D eigenvalue weighted by Gasteiger charge is -2.26. The van der Waals surface area contributed by atoms with Crippen LogP contribution in [0.5, 0.6) is 0 Å². The number of para-hydroxylation sites is 1. The molecule has 3 nitrogen and oxygen atoms in total. The molecule has 0 saturated carbocycles. The predicted octanol–water partition coefficient (Wildman–Crippen LogP) is 11.6. The van der Waals surface area contributed by atoms with Gasteiger partial charge in [-0.25, -0.2) is 0 Å². The summed E-state index contributed by atoms with van der Waals surface area (Å²) in [4.78, 5) is 6.90. The molecule has 0 N–H and O–H groups in total. The van der Waals surface area contributed by atoms with E-state index in [9.17, 15) is 0 Å². The molecule has 7 aromatic carbocycles. The predicted molar refractivity (Wildman–Crippen MR) is 184 cm³/mol. The van der Waals surface area contributed by atoms with Gasteiger partial charge in [0.2, 0.25) is 0 Å². The molecule has 44 heavy (non-hydrogen) atoms. The van der Waals surface area contributed by atoms with Gasteiger partial charge in [0.15, 0.2) is 0 Å². The summed E-state index contributed by atoms with van der Waals surface area (Å²) in [5, 5.41) is 8.34. The van der Waals surface area contributed by atoms with E-state index in [2.05, 4.69) is 143 Å². The molecule has 206 valence electrons. The van der Waals surface area contributed by atoms with Gasteiger partial charge in [0.1, 0.15) is 11.2 Å². The van der Waals surface area contributed by atoms with E-state index in [1.54, 1.807) is 0 Å². The number of benzene rings is 7. The second-order valence-corrected chi connectivity index (χ2v) is 11.2. The van der Waals surface area contributed by atoms with E-state index >= 15 is 0 Å². The molecule has 0 fully saturated rings. The van der Waals surface area contributed by atoms with E-state index in [0.717, 1.165) is 49.9 Å². The van der Waals surface area contributed by atoms with Crippen LogP contribution in [0.1, 0.15) is 0 Å².